The number of rotatable bonds is 5. The van der Waals surface area contributed by atoms with Crippen LogP contribution in [0.1, 0.15) is 24.0 Å². The fraction of sp³-hybridized carbons (Fsp3) is 0.208. The van der Waals surface area contributed by atoms with Gasteiger partial charge in [0, 0.05) is 46.4 Å². The van der Waals surface area contributed by atoms with Crippen molar-refractivity contribution >= 4 is 23.2 Å². The molecule has 1 fully saturated rings. The van der Waals surface area contributed by atoms with Crippen molar-refractivity contribution in [3.63, 3.8) is 0 Å². The van der Waals surface area contributed by atoms with Crippen LogP contribution in [-0.2, 0) is 11.3 Å². The van der Waals surface area contributed by atoms with Gasteiger partial charge in [-0.05, 0) is 31.0 Å². The Morgan fingerprint density at radius 2 is 1.76 bits per heavy atom. The molecule has 9 heteroatoms. The molecule has 0 aliphatic carbocycles. The van der Waals surface area contributed by atoms with E-state index in [1.807, 2.05) is 41.6 Å². The van der Waals surface area contributed by atoms with Gasteiger partial charge in [-0.15, -0.1) is 0 Å². The van der Waals surface area contributed by atoms with Crippen LogP contribution in [-0.4, -0.2) is 43.3 Å². The molecule has 1 amide bonds. The molecule has 33 heavy (non-hydrogen) atoms. The van der Waals surface area contributed by atoms with Crippen LogP contribution < -0.4 is 0 Å². The van der Waals surface area contributed by atoms with E-state index in [0.717, 1.165) is 46.8 Å². The molecule has 1 aliphatic rings. The fourth-order valence-corrected chi connectivity index (χ4v) is 5.07. The molecular weight excluding hydrogens is 434 g/mol. The van der Waals surface area contributed by atoms with Gasteiger partial charge in [0.2, 0.25) is 5.91 Å². The van der Waals surface area contributed by atoms with Crippen molar-refractivity contribution in [1.82, 2.24) is 24.3 Å². The van der Waals surface area contributed by atoms with Crippen LogP contribution in [0.15, 0.2) is 64.9 Å². The van der Waals surface area contributed by atoms with Crippen molar-refractivity contribution in [3.05, 3.63) is 66.2 Å². The number of amides is 1. The summed E-state index contributed by atoms with van der Waals surface area (Å²) in [6.45, 7) is 1.84. The van der Waals surface area contributed by atoms with Crippen LogP contribution in [0.5, 0.6) is 0 Å². The first-order valence-electron chi connectivity index (χ1n) is 10.6. The average molecular weight is 454 g/mol. The predicted octanol–water partition coefficient (Wildman–Crippen LogP) is 3.71. The molecular formula is C24H19N7OS. The molecule has 4 heterocycles. The molecule has 0 saturated carbocycles. The van der Waals surface area contributed by atoms with E-state index in [2.05, 4.69) is 22.3 Å². The molecule has 1 aliphatic heterocycles. The molecule has 0 N–H and O–H groups in total. The second-order valence-electron chi connectivity index (χ2n) is 7.78. The zero-order valence-electron chi connectivity index (χ0n) is 17.7. The van der Waals surface area contributed by atoms with Gasteiger partial charge in [-0.1, -0.05) is 23.9 Å². The van der Waals surface area contributed by atoms with Gasteiger partial charge in [0.25, 0.3) is 0 Å². The highest BCUT2D eigenvalue weighted by Gasteiger charge is 2.19. The second-order valence-corrected chi connectivity index (χ2v) is 8.86. The Morgan fingerprint density at radius 1 is 0.970 bits per heavy atom. The average Bonchev–Trinajstić information content (AvgIpc) is 3.60. The van der Waals surface area contributed by atoms with Crippen molar-refractivity contribution in [3.8, 4) is 23.3 Å². The molecule has 0 radical (unpaired) electrons. The molecule has 3 aromatic heterocycles. The maximum absolute atomic E-state index is 12.5. The SMILES string of the molecule is N#Cc1ccccc1Sc1cc(-c2cnn(CC(=O)N3CCCC3)c2)cn2ncc(C#N)c12. The van der Waals surface area contributed by atoms with Crippen LogP contribution in [0.25, 0.3) is 16.6 Å². The van der Waals surface area contributed by atoms with Crippen LogP contribution >= 0.6 is 11.8 Å². The Hall–Kier alpha value is -4.08. The van der Waals surface area contributed by atoms with E-state index in [1.54, 1.807) is 21.5 Å². The molecule has 0 bridgehead atoms. The van der Waals surface area contributed by atoms with E-state index in [1.165, 1.54) is 18.0 Å². The zero-order valence-corrected chi connectivity index (χ0v) is 18.5. The summed E-state index contributed by atoms with van der Waals surface area (Å²) in [5, 5.41) is 27.8. The number of nitriles is 2. The Bertz CT molecular complexity index is 1430. The zero-order chi connectivity index (χ0) is 22.8. The van der Waals surface area contributed by atoms with Crippen molar-refractivity contribution in [1.29, 1.82) is 10.5 Å². The maximum Gasteiger partial charge on any atom is 0.244 e. The first-order valence-corrected chi connectivity index (χ1v) is 11.4. The van der Waals surface area contributed by atoms with Gasteiger partial charge in [0.1, 0.15) is 18.7 Å². The summed E-state index contributed by atoms with van der Waals surface area (Å²) in [5.74, 6) is 0.0766. The van der Waals surface area contributed by atoms with Crippen LogP contribution in [0, 0.1) is 22.7 Å². The van der Waals surface area contributed by atoms with E-state index in [-0.39, 0.29) is 12.5 Å². The number of hydrogen-bond donors (Lipinski definition) is 0. The minimum atomic E-state index is 0.0766. The number of carbonyl (C=O) groups excluding carboxylic acids is 1. The van der Waals surface area contributed by atoms with Crippen LogP contribution in [0.4, 0.5) is 0 Å². The van der Waals surface area contributed by atoms with E-state index in [4.69, 9.17) is 0 Å². The minimum Gasteiger partial charge on any atom is -0.341 e. The highest BCUT2D eigenvalue weighted by molar-refractivity contribution is 7.99. The van der Waals surface area contributed by atoms with Crippen molar-refractivity contribution in [2.24, 2.45) is 0 Å². The number of benzene rings is 1. The van der Waals surface area contributed by atoms with Crippen molar-refractivity contribution < 1.29 is 4.79 Å². The third-order valence-electron chi connectivity index (χ3n) is 5.65. The minimum absolute atomic E-state index is 0.0766. The van der Waals surface area contributed by atoms with Crippen LogP contribution in [0.2, 0.25) is 0 Å². The number of hydrogen-bond acceptors (Lipinski definition) is 6. The summed E-state index contributed by atoms with van der Waals surface area (Å²) >= 11 is 1.42. The van der Waals surface area contributed by atoms with E-state index >= 15 is 0 Å². The molecule has 0 unspecified atom stereocenters. The number of fused-ring (bicyclic) bond motifs is 1. The highest BCUT2D eigenvalue weighted by Crippen LogP contribution is 2.37. The van der Waals surface area contributed by atoms with Crippen molar-refractivity contribution in [2.75, 3.05) is 13.1 Å². The molecule has 4 aromatic rings. The second kappa shape index (κ2) is 8.81. The first-order chi connectivity index (χ1) is 16.2. The summed E-state index contributed by atoms with van der Waals surface area (Å²) in [4.78, 5) is 16.0. The normalized spacial score (nSPS) is 13.2. The van der Waals surface area contributed by atoms with Crippen molar-refractivity contribution in [2.45, 2.75) is 29.2 Å². The summed E-state index contributed by atoms with van der Waals surface area (Å²) < 4.78 is 3.33. The van der Waals surface area contributed by atoms with Gasteiger partial charge < -0.3 is 4.90 Å². The molecule has 0 spiro atoms. The fourth-order valence-electron chi connectivity index (χ4n) is 3.97. The summed E-state index contributed by atoms with van der Waals surface area (Å²) in [5.41, 5.74) is 3.42. The lowest BCUT2D eigenvalue weighted by atomic mass is 10.1. The molecule has 1 aromatic carbocycles. The third-order valence-corrected chi connectivity index (χ3v) is 6.75. The lowest BCUT2D eigenvalue weighted by Crippen LogP contribution is -2.31. The topological polar surface area (TPSA) is 103 Å². The van der Waals surface area contributed by atoms with Gasteiger partial charge in [0.05, 0.1) is 29.0 Å². The predicted molar refractivity (Wildman–Crippen MR) is 122 cm³/mol. The molecule has 5 rings (SSSR count). The lowest BCUT2D eigenvalue weighted by Gasteiger charge is -2.14. The first kappa shape index (κ1) is 20.8. The molecule has 0 atom stereocenters. The summed E-state index contributed by atoms with van der Waals surface area (Å²) in [7, 11) is 0. The summed E-state index contributed by atoms with van der Waals surface area (Å²) in [6.07, 6.45) is 9.07. The van der Waals surface area contributed by atoms with Gasteiger partial charge in [-0.2, -0.15) is 20.7 Å². The van der Waals surface area contributed by atoms with Gasteiger partial charge >= 0.3 is 0 Å². The van der Waals surface area contributed by atoms with Gasteiger partial charge in [-0.25, -0.2) is 4.52 Å². The van der Waals surface area contributed by atoms with Gasteiger partial charge in [-0.3, -0.25) is 9.48 Å². The Balaban J connectivity index is 1.51. The monoisotopic (exact) mass is 453 g/mol. The molecule has 1 saturated heterocycles. The number of nitrogens with zero attached hydrogens (tertiary/aromatic N) is 7. The standard InChI is InChI=1S/C24H19N7OS/c25-10-17-5-1-2-6-21(17)33-22-9-18(15-31-24(22)19(11-26)12-28-31)20-13-27-30(14-20)16-23(32)29-7-3-4-8-29/h1-2,5-6,9,12-15H,3-4,7-8,16H2. The Morgan fingerprint density at radius 3 is 2.55 bits per heavy atom. The van der Waals surface area contributed by atoms with E-state index < -0.39 is 0 Å². The quantitative estimate of drug-likeness (QED) is 0.456. The number of likely N-dealkylation sites (tertiary alicyclic amines) is 1. The smallest absolute Gasteiger partial charge is 0.244 e. The largest absolute Gasteiger partial charge is 0.341 e. The van der Waals surface area contributed by atoms with Gasteiger partial charge in [0.15, 0.2) is 0 Å². The maximum atomic E-state index is 12.5. The number of carbonyl (C=O) groups is 1. The van der Waals surface area contributed by atoms with E-state index in [0.29, 0.717) is 16.6 Å². The molecule has 8 nitrogen and oxygen atoms in total. The highest BCUT2D eigenvalue weighted by atomic mass is 32.2. The Kier molecular flexibility index (Phi) is 5.55. The summed E-state index contributed by atoms with van der Waals surface area (Å²) in [6, 6.07) is 13.8. The lowest BCUT2D eigenvalue weighted by molar-refractivity contribution is -0.130. The van der Waals surface area contributed by atoms with E-state index in [9.17, 15) is 15.3 Å². The number of pyridine rings is 1. The Labute approximate surface area is 194 Å². The van der Waals surface area contributed by atoms with Crippen LogP contribution in [0.3, 0.4) is 0 Å². The number of aromatic nitrogens is 4. The molecule has 162 valence electrons. The third kappa shape index (κ3) is 4.07.